The summed E-state index contributed by atoms with van der Waals surface area (Å²) >= 11 is -1.01. The second kappa shape index (κ2) is 8.23. The summed E-state index contributed by atoms with van der Waals surface area (Å²) in [5.74, 6) is 2.13. The molecule has 1 aliphatic rings. The Hall–Kier alpha value is -2.18. The van der Waals surface area contributed by atoms with Crippen LogP contribution in [0.1, 0.15) is 32.3 Å². The molecule has 5 nitrogen and oxygen atoms in total. The van der Waals surface area contributed by atoms with E-state index in [0.29, 0.717) is 12.4 Å². The quantitative estimate of drug-likeness (QED) is 0.551. The van der Waals surface area contributed by atoms with Crippen LogP contribution < -0.4 is 14.8 Å². The van der Waals surface area contributed by atoms with Crippen molar-refractivity contribution in [3.8, 4) is 11.5 Å². The molecule has 1 heterocycles. The van der Waals surface area contributed by atoms with Crippen molar-refractivity contribution in [2.45, 2.75) is 37.0 Å². The van der Waals surface area contributed by atoms with Gasteiger partial charge in [0, 0.05) is 5.69 Å². The van der Waals surface area contributed by atoms with Crippen LogP contribution in [0.15, 0.2) is 47.4 Å². The zero-order valence-electron chi connectivity index (χ0n) is 15.9. The van der Waals surface area contributed by atoms with Gasteiger partial charge in [-0.15, -0.1) is 0 Å². The molecule has 144 valence electrons. The molecule has 0 aliphatic carbocycles. The SMILES string of the molecule is COc1ccc([S+]([O-])CCCCOc2ccc3c(c2)C(C)(C)C(=O)N3)cc1. The van der Waals surface area contributed by atoms with Crippen molar-refractivity contribution in [3.05, 3.63) is 48.0 Å². The lowest BCUT2D eigenvalue weighted by atomic mass is 9.86. The molecule has 1 atom stereocenters. The first kappa shape index (κ1) is 19.6. The highest BCUT2D eigenvalue weighted by Crippen LogP contribution is 2.39. The van der Waals surface area contributed by atoms with E-state index in [9.17, 15) is 9.35 Å². The van der Waals surface area contributed by atoms with Crippen LogP contribution in [0.4, 0.5) is 5.69 Å². The number of hydrogen-bond acceptors (Lipinski definition) is 4. The van der Waals surface area contributed by atoms with Crippen LogP contribution in [0, 0.1) is 0 Å². The van der Waals surface area contributed by atoms with E-state index in [1.807, 2.05) is 56.3 Å². The molecule has 6 heteroatoms. The molecule has 0 radical (unpaired) electrons. The maximum atomic E-state index is 12.3. The van der Waals surface area contributed by atoms with Gasteiger partial charge in [-0.3, -0.25) is 4.79 Å². The van der Waals surface area contributed by atoms with E-state index in [1.165, 1.54) is 0 Å². The number of methoxy groups -OCH3 is 1. The minimum absolute atomic E-state index is 0.00987. The molecule has 27 heavy (non-hydrogen) atoms. The Morgan fingerprint density at radius 3 is 2.48 bits per heavy atom. The van der Waals surface area contributed by atoms with E-state index in [2.05, 4.69) is 5.32 Å². The number of rotatable bonds is 8. The molecule has 0 saturated carbocycles. The molecule has 2 aromatic rings. The highest BCUT2D eigenvalue weighted by molar-refractivity contribution is 7.91. The molecule has 1 unspecified atom stereocenters. The van der Waals surface area contributed by atoms with E-state index in [0.717, 1.165) is 40.5 Å². The number of amides is 1. The minimum atomic E-state index is -1.01. The number of benzene rings is 2. The fourth-order valence-corrected chi connectivity index (χ4v) is 4.15. The normalized spacial score (nSPS) is 15.8. The summed E-state index contributed by atoms with van der Waals surface area (Å²) in [4.78, 5) is 12.8. The van der Waals surface area contributed by atoms with Crippen molar-refractivity contribution in [1.82, 2.24) is 0 Å². The van der Waals surface area contributed by atoms with Gasteiger partial charge in [-0.25, -0.2) is 0 Å². The summed E-state index contributed by atoms with van der Waals surface area (Å²) in [6.07, 6.45) is 1.63. The molecular formula is C21H25NO4S. The molecule has 3 rings (SSSR count). The average molecular weight is 388 g/mol. The zero-order valence-corrected chi connectivity index (χ0v) is 16.7. The Morgan fingerprint density at radius 2 is 1.78 bits per heavy atom. The number of ether oxygens (including phenoxy) is 2. The summed E-state index contributed by atoms with van der Waals surface area (Å²) in [5.41, 5.74) is 1.28. The molecule has 0 bridgehead atoms. The lowest BCUT2D eigenvalue weighted by molar-refractivity contribution is -0.119. The monoisotopic (exact) mass is 387 g/mol. The third-order valence-corrected chi connectivity index (χ3v) is 6.25. The second-order valence-corrected chi connectivity index (χ2v) is 8.64. The first-order chi connectivity index (χ1) is 12.9. The van der Waals surface area contributed by atoms with Crippen LogP contribution in [0.3, 0.4) is 0 Å². The summed E-state index contributed by atoms with van der Waals surface area (Å²) in [6, 6.07) is 13.0. The van der Waals surface area contributed by atoms with Crippen LogP contribution in [-0.4, -0.2) is 29.9 Å². The number of hydrogen-bond donors (Lipinski definition) is 1. The number of carbonyl (C=O) groups is 1. The smallest absolute Gasteiger partial charge is 0.234 e. The van der Waals surface area contributed by atoms with Gasteiger partial charge in [-0.1, -0.05) is 0 Å². The van der Waals surface area contributed by atoms with Gasteiger partial charge >= 0.3 is 0 Å². The van der Waals surface area contributed by atoms with Crippen LogP contribution in [0.2, 0.25) is 0 Å². The molecule has 1 aliphatic heterocycles. The molecule has 0 saturated heterocycles. The summed E-state index contributed by atoms with van der Waals surface area (Å²) in [7, 11) is 1.61. The number of anilines is 1. The van der Waals surface area contributed by atoms with E-state index in [4.69, 9.17) is 9.47 Å². The molecule has 0 fully saturated rings. The van der Waals surface area contributed by atoms with Gasteiger partial charge < -0.3 is 19.3 Å². The first-order valence-corrected chi connectivity index (χ1v) is 10.3. The molecule has 0 spiro atoms. The van der Waals surface area contributed by atoms with Crippen LogP contribution in [0.25, 0.3) is 0 Å². The van der Waals surface area contributed by atoms with E-state index < -0.39 is 16.6 Å². The second-order valence-electron chi connectivity index (χ2n) is 7.07. The fraction of sp³-hybridized carbons (Fsp3) is 0.381. The van der Waals surface area contributed by atoms with E-state index in [-0.39, 0.29) is 5.91 Å². The summed E-state index contributed by atoms with van der Waals surface area (Å²) < 4.78 is 23.2. The third kappa shape index (κ3) is 4.39. The fourth-order valence-electron chi connectivity index (χ4n) is 3.01. The van der Waals surface area contributed by atoms with Gasteiger partial charge in [0.25, 0.3) is 0 Å². The zero-order chi connectivity index (χ0) is 19.4. The van der Waals surface area contributed by atoms with Crippen LogP contribution >= 0.6 is 0 Å². The minimum Gasteiger partial charge on any atom is -0.611 e. The van der Waals surface area contributed by atoms with Gasteiger partial charge in [-0.2, -0.15) is 0 Å². The van der Waals surface area contributed by atoms with Gasteiger partial charge in [0.05, 0.1) is 19.1 Å². The standard InChI is InChI=1S/C21H25NO4S/c1-21(2)18-14-16(8-11-19(18)22-20(21)23)26-12-4-5-13-27(24)17-9-6-15(25-3)7-10-17/h6-11,14H,4-5,12-13H2,1-3H3,(H,22,23). The maximum Gasteiger partial charge on any atom is 0.234 e. The Morgan fingerprint density at radius 1 is 1.07 bits per heavy atom. The topological polar surface area (TPSA) is 70.6 Å². The third-order valence-electron chi connectivity index (χ3n) is 4.80. The molecule has 2 aromatic carbocycles. The summed E-state index contributed by atoms with van der Waals surface area (Å²) in [6.45, 7) is 4.37. The van der Waals surface area contributed by atoms with Crippen LogP contribution in [0.5, 0.6) is 11.5 Å². The lowest BCUT2D eigenvalue weighted by Gasteiger charge is -2.16. The van der Waals surface area contributed by atoms with E-state index >= 15 is 0 Å². The van der Waals surface area contributed by atoms with Crippen molar-refractivity contribution in [3.63, 3.8) is 0 Å². The number of unbranched alkanes of at least 4 members (excludes halogenated alkanes) is 1. The van der Waals surface area contributed by atoms with Crippen molar-refractivity contribution >= 4 is 22.8 Å². The van der Waals surface area contributed by atoms with Crippen molar-refractivity contribution in [2.24, 2.45) is 0 Å². The van der Waals surface area contributed by atoms with Gasteiger partial charge in [-0.05, 0) is 85.9 Å². The summed E-state index contributed by atoms with van der Waals surface area (Å²) in [5, 5.41) is 2.89. The largest absolute Gasteiger partial charge is 0.611 e. The Labute approximate surface area is 163 Å². The molecule has 0 aromatic heterocycles. The maximum absolute atomic E-state index is 12.3. The van der Waals surface area contributed by atoms with Crippen molar-refractivity contribution < 1.29 is 18.8 Å². The molecular weight excluding hydrogens is 362 g/mol. The number of fused-ring (bicyclic) bond motifs is 1. The Bertz CT molecular complexity index is 804. The highest BCUT2D eigenvalue weighted by atomic mass is 32.2. The highest BCUT2D eigenvalue weighted by Gasteiger charge is 2.38. The Balaban J connectivity index is 1.44. The first-order valence-electron chi connectivity index (χ1n) is 9.03. The van der Waals surface area contributed by atoms with E-state index in [1.54, 1.807) is 7.11 Å². The molecule has 1 amide bonds. The predicted octanol–water partition coefficient (Wildman–Crippen LogP) is 3.89. The van der Waals surface area contributed by atoms with Gasteiger partial charge in [0.2, 0.25) is 5.91 Å². The van der Waals surface area contributed by atoms with Crippen LogP contribution in [-0.2, 0) is 21.4 Å². The average Bonchev–Trinajstić information content (AvgIpc) is 2.90. The number of carbonyl (C=O) groups excluding carboxylic acids is 1. The van der Waals surface area contributed by atoms with Gasteiger partial charge in [0.15, 0.2) is 4.90 Å². The van der Waals surface area contributed by atoms with Crippen molar-refractivity contribution in [1.29, 1.82) is 0 Å². The Kier molecular flexibility index (Phi) is 5.97. The van der Waals surface area contributed by atoms with Crippen molar-refractivity contribution in [2.75, 3.05) is 24.8 Å². The lowest BCUT2D eigenvalue weighted by Crippen LogP contribution is -2.26. The molecule has 1 N–H and O–H groups in total. The number of nitrogens with one attached hydrogen (secondary N) is 1. The predicted molar refractivity (Wildman–Crippen MR) is 107 cm³/mol. The van der Waals surface area contributed by atoms with Gasteiger partial charge in [0.1, 0.15) is 17.3 Å².